The average molecular weight is 813 g/mol. The van der Waals surface area contributed by atoms with Crippen molar-refractivity contribution in [3.8, 4) is 39.9 Å². The van der Waals surface area contributed by atoms with Crippen LogP contribution in [0.25, 0.3) is 61.3 Å². The Hall–Kier alpha value is -5.84. The van der Waals surface area contributed by atoms with E-state index < -0.39 is 0 Å². The summed E-state index contributed by atoms with van der Waals surface area (Å²) in [6.07, 6.45) is 3.71. The van der Waals surface area contributed by atoms with Gasteiger partial charge in [-0.05, 0) is 24.6 Å². The van der Waals surface area contributed by atoms with Crippen molar-refractivity contribution in [1.29, 1.82) is 0 Å². The number of nitrogens with zero attached hydrogens (tertiary/aromatic N) is 5. The van der Waals surface area contributed by atoms with E-state index in [1.54, 1.807) is 0 Å². The molecule has 9 rings (SSSR count). The van der Waals surface area contributed by atoms with Crippen LogP contribution in [0, 0.1) is 22.9 Å². The summed E-state index contributed by atoms with van der Waals surface area (Å²) in [5.41, 5.74) is 9.13. The Morgan fingerprint density at radius 1 is 0.612 bits per heavy atom. The summed E-state index contributed by atoms with van der Waals surface area (Å²) < 4.78 is 14.2. The van der Waals surface area contributed by atoms with Crippen LogP contribution in [-0.2, 0) is 19.4 Å². The van der Waals surface area contributed by atoms with Crippen molar-refractivity contribution in [2.45, 2.75) is 6.92 Å². The molecule has 238 valence electrons. The number of ether oxygens (including phenoxy) is 1. The number of imidazole rings is 1. The Morgan fingerprint density at radius 3 is 2.14 bits per heavy atom. The second kappa shape index (κ2) is 12.0. The number of fused-ring (bicyclic) bond motifs is 4. The van der Waals surface area contributed by atoms with E-state index in [1.807, 2.05) is 54.9 Å². The fraction of sp³-hybridized carbons (Fsp3) is 0.0238. The van der Waals surface area contributed by atoms with E-state index in [1.165, 1.54) is 0 Å². The average Bonchev–Trinajstić information content (AvgIpc) is 3.63. The molecule has 5 aromatic carbocycles. The Kier molecular flexibility index (Phi) is 7.18. The van der Waals surface area contributed by atoms with Gasteiger partial charge in [0.15, 0.2) is 0 Å². The van der Waals surface area contributed by atoms with Crippen molar-refractivity contribution in [3.63, 3.8) is 0 Å². The Bertz CT molecular complexity index is 2730. The van der Waals surface area contributed by atoms with Crippen LogP contribution in [0.4, 0.5) is 0 Å². The van der Waals surface area contributed by atoms with Gasteiger partial charge in [0.2, 0.25) is 0 Å². The molecule has 0 bridgehead atoms. The molecule has 0 saturated carbocycles. The molecule has 7 heteroatoms. The van der Waals surface area contributed by atoms with Crippen LogP contribution in [0.15, 0.2) is 146 Å². The third kappa shape index (κ3) is 5.04. The van der Waals surface area contributed by atoms with E-state index in [4.69, 9.17) is 9.72 Å². The van der Waals surface area contributed by atoms with Gasteiger partial charge < -0.3 is 0 Å². The third-order valence-corrected chi connectivity index (χ3v) is 9.77. The molecule has 0 aliphatic heterocycles. The molecular weight excluding hydrogens is 786 g/mol. The third-order valence-electron chi connectivity index (χ3n) is 8.76. The zero-order valence-corrected chi connectivity index (χ0v) is 28.6. The van der Waals surface area contributed by atoms with Crippen LogP contribution < -0.4 is 4.74 Å². The molecule has 49 heavy (non-hydrogen) atoms. The Balaban J connectivity index is 1.13. The van der Waals surface area contributed by atoms with E-state index in [0.29, 0.717) is 11.5 Å². The number of hydrogen-bond acceptors (Lipinski definition) is 3. The van der Waals surface area contributed by atoms with Gasteiger partial charge in [-0.3, -0.25) is 4.98 Å². The second-order valence-corrected chi connectivity index (χ2v) is 12.8. The summed E-state index contributed by atoms with van der Waals surface area (Å²) in [5.74, 6) is 2.01. The molecule has 0 radical (unpaired) electrons. The molecule has 0 atom stereocenters. The van der Waals surface area contributed by atoms with Gasteiger partial charge in [-0.2, -0.15) is 0 Å². The zero-order chi connectivity index (χ0) is 32.9. The first-order chi connectivity index (χ1) is 24.1. The number of aryl methyl sites for hydroxylation is 1. The van der Waals surface area contributed by atoms with Gasteiger partial charge in [-0.25, -0.2) is 0 Å². The normalized spacial score (nSPS) is 11.5. The first-order valence-corrected chi connectivity index (χ1v) is 17.1. The number of rotatable bonds is 6. The molecule has 0 aliphatic carbocycles. The summed E-state index contributed by atoms with van der Waals surface area (Å²) in [6.45, 7) is 2.10. The fourth-order valence-electron chi connectivity index (χ4n) is 6.53. The molecular formula is C42H27N5OPt-2. The van der Waals surface area contributed by atoms with Gasteiger partial charge >= 0.3 is 223 Å². The first kappa shape index (κ1) is 29.3. The number of hydrogen-bond donors (Lipinski definition) is 0. The number of pyridine rings is 2. The number of para-hydroxylation sites is 4. The SMILES string of the molecule is Cc1cc(-n2c3[c-]c(Oc4[c-]c(-n5[c](=[Pt])n(-c6ccccc6)c6ccccc65)ccc4)ccc3c3ccccc32)ncc1-c1ccccn1. The zero-order valence-electron chi connectivity index (χ0n) is 26.3. The van der Waals surface area contributed by atoms with Crippen molar-refractivity contribution < 1.29 is 24.1 Å². The summed E-state index contributed by atoms with van der Waals surface area (Å²) in [6, 6.07) is 52.4. The monoisotopic (exact) mass is 812 g/mol. The Labute approximate surface area is 293 Å². The van der Waals surface area contributed by atoms with Crippen LogP contribution in [-0.4, -0.2) is 23.7 Å². The van der Waals surface area contributed by atoms with Gasteiger partial charge in [0.1, 0.15) is 0 Å². The molecule has 0 spiro atoms. The maximum absolute atomic E-state index is 6.50. The van der Waals surface area contributed by atoms with Crippen molar-refractivity contribution in [2.75, 3.05) is 0 Å². The van der Waals surface area contributed by atoms with Gasteiger partial charge in [-0.15, -0.1) is 0 Å². The fourth-order valence-corrected chi connectivity index (χ4v) is 7.65. The molecule has 0 saturated heterocycles. The number of aromatic nitrogens is 5. The van der Waals surface area contributed by atoms with Gasteiger partial charge in [0.25, 0.3) is 0 Å². The standard InChI is InChI=1S/C42H27N5O.Pt/c1-29-24-42(44-27-36(29)37-17-9-10-23-43-37)47-38-18-6-5-16-34(38)35-22-21-33(26-41(35)47)48-32-15-11-14-31(25-32)46-28-45(30-12-3-2-4-13-30)39-19-7-8-20-40(39)46;/h2-24,27H,1H3;/q-2;. The predicted octanol–water partition coefficient (Wildman–Crippen LogP) is 9.76. The molecule has 6 nitrogen and oxygen atoms in total. The summed E-state index contributed by atoms with van der Waals surface area (Å²) in [5, 5.41) is 2.20. The van der Waals surface area contributed by atoms with Crippen molar-refractivity contribution in [1.82, 2.24) is 23.7 Å². The van der Waals surface area contributed by atoms with E-state index in [2.05, 4.69) is 148 Å². The molecule has 9 aromatic rings. The van der Waals surface area contributed by atoms with Crippen LogP contribution in [0.1, 0.15) is 5.56 Å². The smallest absolute Gasteiger partial charge is 0.256 e. The minimum Gasteiger partial charge on any atom is -0.256 e. The minimum atomic E-state index is 0.596. The Morgan fingerprint density at radius 2 is 1.35 bits per heavy atom. The molecule has 0 amide bonds. The van der Waals surface area contributed by atoms with E-state index in [-0.39, 0.29) is 0 Å². The molecule has 0 N–H and O–H groups in total. The van der Waals surface area contributed by atoms with Crippen LogP contribution in [0.2, 0.25) is 0 Å². The van der Waals surface area contributed by atoms with E-state index in [9.17, 15) is 0 Å². The van der Waals surface area contributed by atoms with Gasteiger partial charge in [0, 0.05) is 18.0 Å². The summed E-state index contributed by atoms with van der Waals surface area (Å²) in [7, 11) is 0. The quantitative estimate of drug-likeness (QED) is 0.157. The van der Waals surface area contributed by atoms with Gasteiger partial charge in [0.05, 0.1) is 5.69 Å². The topological polar surface area (TPSA) is 49.8 Å². The molecule has 0 aliphatic rings. The molecule has 4 heterocycles. The van der Waals surface area contributed by atoms with Crippen LogP contribution in [0.3, 0.4) is 0 Å². The number of benzene rings is 5. The van der Waals surface area contributed by atoms with E-state index >= 15 is 0 Å². The maximum atomic E-state index is 6.50. The van der Waals surface area contributed by atoms with Crippen molar-refractivity contribution >= 4 is 32.8 Å². The van der Waals surface area contributed by atoms with Crippen LogP contribution >= 0.6 is 0 Å². The van der Waals surface area contributed by atoms with Gasteiger partial charge in [-0.1, -0.05) is 18.2 Å². The van der Waals surface area contributed by atoms with Crippen LogP contribution in [0.5, 0.6) is 11.5 Å². The van der Waals surface area contributed by atoms with Crippen molar-refractivity contribution in [3.05, 3.63) is 167 Å². The second-order valence-electron chi connectivity index (χ2n) is 11.7. The molecule has 0 unspecified atom stereocenters. The molecule has 4 aromatic heterocycles. The summed E-state index contributed by atoms with van der Waals surface area (Å²) >= 11 is 2.39. The molecule has 0 fully saturated rings. The summed E-state index contributed by atoms with van der Waals surface area (Å²) in [4.78, 5) is 9.46. The van der Waals surface area contributed by atoms with Crippen molar-refractivity contribution in [2.24, 2.45) is 0 Å². The predicted molar refractivity (Wildman–Crippen MR) is 190 cm³/mol. The first-order valence-electron chi connectivity index (χ1n) is 15.9. The minimum absolute atomic E-state index is 0.596. The van der Waals surface area contributed by atoms with E-state index in [0.717, 1.165) is 70.7 Å².